The fraction of sp³-hybridized carbons (Fsp3) is 0.562. The first-order chi connectivity index (χ1) is 9.55. The second-order valence-corrected chi connectivity index (χ2v) is 7.15. The summed E-state index contributed by atoms with van der Waals surface area (Å²) in [6.07, 6.45) is 0.329. The zero-order valence-electron chi connectivity index (χ0n) is 13.4. The first kappa shape index (κ1) is 17.8. The predicted octanol–water partition coefficient (Wildman–Crippen LogP) is 4.31. The van der Waals surface area contributed by atoms with Gasteiger partial charge >= 0.3 is 6.09 Å². The lowest BCUT2D eigenvalue weighted by Crippen LogP contribution is -2.27. The van der Waals surface area contributed by atoms with E-state index in [1.807, 2.05) is 26.8 Å². The predicted molar refractivity (Wildman–Crippen MR) is 88.0 cm³/mol. The average molecular weight is 313 g/mol. The van der Waals surface area contributed by atoms with E-state index in [1.165, 1.54) is 0 Å². The molecule has 1 aromatic carbocycles. The Labute approximate surface area is 132 Å². The maximum absolute atomic E-state index is 11.8. The van der Waals surface area contributed by atoms with Crippen LogP contribution in [0.5, 0.6) is 0 Å². The average Bonchev–Trinajstić information content (AvgIpc) is 2.28. The molecule has 0 atom stereocenters. The van der Waals surface area contributed by atoms with Gasteiger partial charge in [-0.2, -0.15) is 0 Å². The summed E-state index contributed by atoms with van der Waals surface area (Å²) in [7, 11) is 0. The topological polar surface area (TPSA) is 64.3 Å². The first-order valence-corrected chi connectivity index (χ1v) is 7.43. The highest BCUT2D eigenvalue weighted by Crippen LogP contribution is 2.34. The van der Waals surface area contributed by atoms with E-state index in [-0.39, 0.29) is 5.41 Å². The monoisotopic (exact) mass is 312 g/mol. The molecule has 0 aliphatic heterocycles. The Bertz CT molecular complexity index is 507. The van der Waals surface area contributed by atoms with E-state index >= 15 is 0 Å². The van der Waals surface area contributed by atoms with E-state index in [0.717, 1.165) is 12.0 Å². The highest BCUT2D eigenvalue weighted by Gasteiger charge is 2.23. The van der Waals surface area contributed by atoms with Gasteiger partial charge in [-0.15, -0.1) is 0 Å². The molecule has 0 aliphatic rings. The number of benzene rings is 1. The van der Waals surface area contributed by atoms with Crippen molar-refractivity contribution >= 4 is 23.4 Å². The van der Waals surface area contributed by atoms with E-state index < -0.39 is 11.7 Å². The standard InChI is InChI=1S/C16H25ClN2O2/c1-15(2,3)21-14(20)19-11-6-7-13(17)12(10-11)16(4,5)8-9-18/h6-7,10H,8-9,18H2,1-5H3,(H,19,20). The highest BCUT2D eigenvalue weighted by atomic mass is 35.5. The Balaban J connectivity index is 2.94. The van der Waals surface area contributed by atoms with Crippen LogP contribution in [0.3, 0.4) is 0 Å². The van der Waals surface area contributed by atoms with Crippen LogP contribution in [-0.4, -0.2) is 18.2 Å². The van der Waals surface area contributed by atoms with Crippen molar-refractivity contribution in [1.82, 2.24) is 0 Å². The second-order valence-electron chi connectivity index (χ2n) is 6.74. The summed E-state index contributed by atoms with van der Waals surface area (Å²) < 4.78 is 5.24. The van der Waals surface area contributed by atoms with Crippen LogP contribution in [0.2, 0.25) is 5.02 Å². The molecule has 21 heavy (non-hydrogen) atoms. The zero-order valence-corrected chi connectivity index (χ0v) is 14.2. The molecule has 0 heterocycles. The van der Waals surface area contributed by atoms with Crippen molar-refractivity contribution in [3.8, 4) is 0 Å². The molecular weight excluding hydrogens is 288 g/mol. The van der Waals surface area contributed by atoms with Crippen molar-refractivity contribution in [1.29, 1.82) is 0 Å². The number of nitrogens with two attached hydrogens (primary N) is 1. The van der Waals surface area contributed by atoms with Crippen LogP contribution >= 0.6 is 11.6 Å². The smallest absolute Gasteiger partial charge is 0.412 e. The van der Waals surface area contributed by atoms with Crippen LogP contribution in [-0.2, 0) is 10.2 Å². The highest BCUT2D eigenvalue weighted by molar-refractivity contribution is 6.31. The fourth-order valence-electron chi connectivity index (χ4n) is 2.04. The number of anilines is 1. The van der Waals surface area contributed by atoms with Gasteiger partial charge in [0.25, 0.3) is 0 Å². The number of carbonyl (C=O) groups is 1. The number of amides is 1. The van der Waals surface area contributed by atoms with Gasteiger partial charge < -0.3 is 10.5 Å². The maximum atomic E-state index is 11.8. The summed E-state index contributed by atoms with van der Waals surface area (Å²) in [6, 6.07) is 5.41. The lowest BCUT2D eigenvalue weighted by Gasteiger charge is -2.26. The van der Waals surface area contributed by atoms with E-state index in [2.05, 4.69) is 19.2 Å². The fourth-order valence-corrected chi connectivity index (χ4v) is 2.41. The second kappa shape index (κ2) is 6.67. The Morgan fingerprint density at radius 2 is 1.90 bits per heavy atom. The molecule has 0 bridgehead atoms. The molecule has 0 spiro atoms. The Kier molecular flexibility index (Phi) is 5.65. The van der Waals surface area contributed by atoms with Gasteiger partial charge in [-0.05, 0) is 62.9 Å². The normalized spacial score (nSPS) is 12.1. The van der Waals surface area contributed by atoms with Gasteiger partial charge in [0.15, 0.2) is 0 Å². The minimum Gasteiger partial charge on any atom is -0.444 e. The molecule has 118 valence electrons. The molecule has 0 aromatic heterocycles. The Morgan fingerprint density at radius 1 is 1.29 bits per heavy atom. The van der Waals surface area contributed by atoms with Crippen LogP contribution in [0.15, 0.2) is 18.2 Å². The van der Waals surface area contributed by atoms with Crippen LogP contribution < -0.4 is 11.1 Å². The van der Waals surface area contributed by atoms with E-state index in [9.17, 15) is 4.79 Å². The number of halogens is 1. The van der Waals surface area contributed by atoms with Gasteiger partial charge in [-0.3, -0.25) is 5.32 Å². The summed E-state index contributed by atoms with van der Waals surface area (Å²) in [4.78, 5) is 11.8. The Hall–Kier alpha value is -1.26. The van der Waals surface area contributed by atoms with Gasteiger partial charge in [0.05, 0.1) is 0 Å². The number of nitrogens with one attached hydrogen (secondary N) is 1. The quantitative estimate of drug-likeness (QED) is 0.870. The van der Waals surface area contributed by atoms with Crippen molar-refractivity contribution in [3.63, 3.8) is 0 Å². The van der Waals surface area contributed by atoms with Crippen LogP contribution in [0.1, 0.15) is 46.6 Å². The summed E-state index contributed by atoms with van der Waals surface area (Å²) in [5.74, 6) is 0. The van der Waals surface area contributed by atoms with E-state index in [4.69, 9.17) is 22.1 Å². The zero-order chi connectivity index (χ0) is 16.3. The molecule has 0 unspecified atom stereocenters. The first-order valence-electron chi connectivity index (χ1n) is 7.05. The number of hydrogen-bond acceptors (Lipinski definition) is 3. The molecule has 0 radical (unpaired) electrons. The van der Waals surface area contributed by atoms with Crippen LogP contribution in [0.4, 0.5) is 10.5 Å². The minimum absolute atomic E-state index is 0.155. The number of hydrogen-bond donors (Lipinski definition) is 2. The molecule has 0 saturated carbocycles. The van der Waals surface area contributed by atoms with Gasteiger partial charge in [-0.25, -0.2) is 4.79 Å². The van der Waals surface area contributed by atoms with E-state index in [0.29, 0.717) is 17.3 Å². The molecule has 0 fully saturated rings. The van der Waals surface area contributed by atoms with Gasteiger partial charge in [0, 0.05) is 10.7 Å². The van der Waals surface area contributed by atoms with Gasteiger partial charge in [-0.1, -0.05) is 25.4 Å². The molecular formula is C16H25ClN2O2. The van der Waals surface area contributed by atoms with Crippen molar-refractivity contribution in [2.45, 2.75) is 52.1 Å². The van der Waals surface area contributed by atoms with E-state index in [1.54, 1.807) is 12.1 Å². The maximum Gasteiger partial charge on any atom is 0.412 e. The third-order valence-corrected chi connectivity index (χ3v) is 3.44. The van der Waals surface area contributed by atoms with Crippen molar-refractivity contribution in [2.24, 2.45) is 5.73 Å². The van der Waals surface area contributed by atoms with Crippen molar-refractivity contribution < 1.29 is 9.53 Å². The van der Waals surface area contributed by atoms with Gasteiger partial charge in [0.1, 0.15) is 5.60 Å². The molecule has 1 amide bonds. The molecule has 5 heteroatoms. The largest absolute Gasteiger partial charge is 0.444 e. The lowest BCUT2D eigenvalue weighted by molar-refractivity contribution is 0.0636. The molecule has 4 nitrogen and oxygen atoms in total. The number of carbonyl (C=O) groups excluding carboxylic acids is 1. The van der Waals surface area contributed by atoms with Crippen LogP contribution in [0, 0.1) is 0 Å². The van der Waals surface area contributed by atoms with Crippen LogP contribution in [0.25, 0.3) is 0 Å². The van der Waals surface area contributed by atoms with Crippen molar-refractivity contribution in [2.75, 3.05) is 11.9 Å². The minimum atomic E-state index is -0.530. The molecule has 0 saturated heterocycles. The molecule has 3 N–H and O–H groups in total. The lowest BCUT2D eigenvalue weighted by atomic mass is 9.81. The third-order valence-electron chi connectivity index (χ3n) is 3.11. The summed E-state index contributed by atoms with van der Waals surface area (Å²) in [5.41, 5.74) is 6.59. The number of rotatable bonds is 4. The molecule has 1 aromatic rings. The molecule has 0 aliphatic carbocycles. The summed E-state index contributed by atoms with van der Waals surface area (Å²) >= 11 is 6.27. The summed E-state index contributed by atoms with van der Waals surface area (Å²) in [5, 5.41) is 3.40. The Morgan fingerprint density at radius 3 is 2.43 bits per heavy atom. The number of ether oxygens (including phenoxy) is 1. The van der Waals surface area contributed by atoms with Crippen molar-refractivity contribution in [3.05, 3.63) is 28.8 Å². The molecule has 1 rings (SSSR count). The summed E-state index contributed by atoms with van der Waals surface area (Å²) in [6.45, 7) is 10.2. The third kappa shape index (κ3) is 5.56. The SMILES string of the molecule is CC(C)(C)OC(=O)Nc1ccc(Cl)c(C(C)(C)CCN)c1. The van der Waals surface area contributed by atoms with Gasteiger partial charge in [0.2, 0.25) is 0 Å².